The molecule has 0 heteroatoms. The third-order valence-electron chi connectivity index (χ3n) is 10.6. The van der Waals surface area contributed by atoms with E-state index in [0.717, 1.165) is 12.3 Å². The fraction of sp³-hybridized carbons (Fsp3) is 0.368. The van der Waals surface area contributed by atoms with Crippen LogP contribution in [0, 0.1) is 5.92 Å². The van der Waals surface area contributed by atoms with Crippen molar-refractivity contribution in [1.29, 1.82) is 0 Å². The van der Waals surface area contributed by atoms with E-state index < -0.39 is 0 Å². The quantitative estimate of drug-likeness (QED) is 0.223. The SMILES string of the molecule is CCCCc1ccc2c(c1)C1(c3ccccc3-2)c2cc(C(C)C)ccc2-c2ccc(C3(C)CCC3C)cc21. The zero-order chi connectivity index (χ0) is 26.2. The molecule has 3 aliphatic rings. The average Bonchev–Trinajstić information content (AvgIpc) is 3.40. The number of rotatable bonds is 5. The van der Waals surface area contributed by atoms with Crippen LogP contribution in [-0.2, 0) is 17.3 Å². The van der Waals surface area contributed by atoms with Gasteiger partial charge < -0.3 is 0 Å². The number of hydrogen-bond acceptors (Lipinski definition) is 0. The molecule has 1 spiro atoms. The molecule has 38 heavy (non-hydrogen) atoms. The number of fused-ring (bicyclic) bond motifs is 10. The molecule has 4 aromatic carbocycles. The molecule has 0 aliphatic heterocycles. The van der Waals surface area contributed by atoms with Crippen LogP contribution in [0.1, 0.15) is 105 Å². The van der Waals surface area contributed by atoms with Crippen molar-refractivity contribution in [3.8, 4) is 22.3 Å². The van der Waals surface area contributed by atoms with Gasteiger partial charge in [0, 0.05) is 0 Å². The Morgan fingerprint density at radius 3 is 2.11 bits per heavy atom. The maximum absolute atomic E-state index is 2.63. The van der Waals surface area contributed by atoms with E-state index in [2.05, 4.69) is 113 Å². The maximum Gasteiger partial charge on any atom is 0.0725 e. The Morgan fingerprint density at radius 1 is 0.763 bits per heavy atom. The van der Waals surface area contributed by atoms with E-state index in [1.165, 1.54) is 86.9 Å². The van der Waals surface area contributed by atoms with Gasteiger partial charge in [-0.15, -0.1) is 0 Å². The van der Waals surface area contributed by atoms with Crippen molar-refractivity contribution in [2.24, 2.45) is 5.92 Å². The highest BCUT2D eigenvalue weighted by molar-refractivity contribution is 5.95. The van der Waals surface area contributed by atoms with E-state index in [9.17, 15) is 0 Å². The third kappa shape index (κ3) is 3.04. The second-order valence-electron chi connectivity index (χ2n) is 12.9. The van der Waals surface area contributed by atoms with Crippen molar-refractivity contribution in [1.82, 2.24) is 0 Å². The molecule has 0 bridgehead atoms. The lowest BCUT2D eigenvalue weighted by Gasteiger charge is -2.46. The molecule has 3 aliphatic carbocycles. The molecule has 3 atom stereocenters. The standard InChI is InChI=1S/C38H40/c1-6-7-10-26-13-16-30-29-11-8-9-12-33(29)38(34(30)21-26)35-22-27(24(2)3)14-17-31(35)32-18-15-28(23-36(32)38)37(5)20-19-25(37)4/h8-9,11-18,21-25H,6-7,10,19-20H2,1-5H3. The topological polar surface area (TPSA) is 0 Å². The first-order valence-electron chi connectivity index (χ1n) is 14.9. The van der Waals surface area contributed by atoms with Gasteiger partial charge in [-0.3, -0.25) is 0 Å². The second-order valence-corrected chi connectivity index (χ2v) is 12.9. The van der Waals surface area contributed by atoms with Gasteiger partial charge in [0.15, 0.2) is 0 Å². The van der Waals surface area contributed by atoms with Crippen molar-refractivity contribution in [3.05, 3.63) is 118 Å². The minimum absolute atomic E-state index is 0.247. The lowest BCUT2D eigenvalue weighted by molar-refractivity contribution is 0.159. The number of hydrogen-bond donors (Lipinski definition) is 0. The summed E-state index contributed by atoms with van der Waals surface area (Å²) in [5.74, 6) is 1.23. The van der Waals surface area contributed by atoms with Gasteiger partial charge in [0.2, 0.25) is 0 Å². The molecule has 0 nitrogen and oxygen atoms in total. The van der Waals surface area contributed by atoms with Crippen molar-refractivity contribution < 1.29 is 0 Å². The summed E-state index contributed by atoms with van der Waals surface area (Å²) in [5, 5.41) is 0. The summed E-state index contributed by atoms with van der Waals surface area (Å²) < 4.78 is 0. The second kappa shape index (κ2) is 8.44. The molecule has 0 saturated heterocycles. The fourth-order valence-electron chi connectivity index (χ4n) is 7.79. The van der Waals surface area contributed by atoms with Crippen molar-refractivity contribution in [2.45, 2.75) is 83.5 Å². The number of aryl methyl sites for hydroxylation is 1. The Bertz CT molecular complexity index is 1570. The van der Waals surface area contributed by atoms with Gasteiger partial charge in [0.05, 0.1) is 5.41 Å². The first-order valence-corrected chi connectivity index (χ1v) is 14.9. The number of benzene rings is 4. The Kier molecular flexibility index (Phi) is 5.32. The highest BCUT2D eigenvalue weighted by Crippen LogP contribution is 2.64. The molecular formula is C38H40. The van der Waals surface area contributed by atoms with Crippen LogP contribution in [0.4, 0.5) is 0 Å². The highest BCUT2D eigenvalue weighted by Gasteiger charge is 2.52. The Balaban J connectivity index is 1.58. The first-order chi connectivity index (χ1) is 18.4. The molecule has 0 N–H and O–H groups in total. The van der Waals surface area contributed by atoms with Crippen LogP contribution in [0.15, 0.2) is 78.9 Å². The van der Waals surface area contributed by atoms with E-state index in [1.807, 2.05) is 0 Å². The van der Waals surface area contributed by atoms with Crippen molar-refractivity contribution in [2.75, 3.05) is 0 Å². The lowest BCUT2D eigenvalue weighted by atomic mass is 9.58. The van der Waals surface area contributed by atoms with Crippen LogP contribution >= 0.6 is 0 Å². The molecule has 3 unspecified atom stereocenters. The zero-order valence-corrected chi connectivity index (χ0v) is 23.7. The van der Waals surface area contributed by atoms with E-state index >= 15 is 0 Å². The summed E-state index contributed by atoms with van der Waals surface area (Å²) in [7, 11) is 0. The maximum atomic E-state index is 2.63. The molecule has 1 fully saturated rings. The molecular weight excluding hydrogens is 456 g/mol. The van der Waals surface area contributed by atoms with E-state index in [4.69, 9.17) is 0 Å². The minimum atomic E-state index is -0.247. The van der Waals surface area contributed by atoms with Crippen LogP contribution < -0.4 is 0 Å². The Morgan fingerprint density at radius 2 is 1.42 bits per heavy atom. The third-order valence-corrected chi connectivity index (χ3v) is 10.6. The Hall–Kier alpha value is -3.12. The summed E-state index contributed by atoms with van der Waals surface area (Å²) >= 11 is 0. The molecule has 4 aromatic rings. The summed E-state index contributed by atoms with van der Waals surface area (Å²) in [6.07, 6.45) is 6.25. The average molecular weight is 497 g/mol. The summed E-state index contributed by atoms with van der Waals surface area (Å²) in [5.41, 5.74) is 16.1. The molecule has 192 valence electrons. The fourth-order valence-corrected chi connectivity index (χ4v) is 7.79. The van der Waals surface area contributed by atoms with Gasteiger partial charge in [-0.1, -0.05) is 120 Å². The van der Waals surface area contributed by atoms with Crippen LogP contribution in [0.25, 0.3) is 22.3 Å². The smallest absolute Gasteiger partial charge is 0.0654 e. The van der Waals surface area contributed by atoms with Gasteiger partial charge in [0.1, 0.15) is 0 Å². The van der Waals surface area contributed by atoms with Gasteiger partial charge in [0.25, 0.3) is 0 Å². The predicted molar refractivity (Wildman–Crippen MR) is 161 cm³/mol. The molecule has 0 amide bonds. The van der Waals surface area contributed by atoms with E-state index in [1.54, 1.807) is 0 Å². The van der Waals surface area contributed by atoms with E-state index in [0.29, 0.717) is 5.92 Å². The van der Waals surface area contributed by atoms with Crippen molar-refractivity contribution in [3.63, 3.8) is 0 Å². The molecule has 0 radical (unpaired) electrons. The van der Waals surface area contributed by atoms with Crippen LogP contribution in [0.2, 0.25) is 0 Å². The minimum Gasteiger partial charge on any atom is -0.0654 e. The van der Waals surface area contributed by atoms with Gasteiger partial charge in [-0.25, -0.2) is 0 Å². The lowest BCUT2D eigenvalue weighted by Crippen LogP contribution is -2.40. The van der Waals surface area contributed by atoms with Gasteiger partial charge in [-0.05, 0) is 104 Å². The predicted octanol–water partition coefficient (Wildman–Crippen LogP) is 10.2. The Labute approximate surface area is 229 Å². The summed E-state index contributed by atoms with van der Waals surface area (Å²) in [6, 6.07) is 31.5. The summed E-state index contributed by atoms with van der Waals surface area (Å²) in [6.45, 7) is 11.9. The summed E-state index contributed by atoms with van der Waals surface area (Å²) in [4.78, 5) is 0. The number of unbranched alkanes of at least 4 members (excludes halogenated alkanes) is 1. The van der Waals surface area contributed by atoms with Crippen molar-refractivity contribution >= 4 is 0 Å². The molecule has 0 heterocycles. The van der Waals surface area contributed by atoms with Crippen LogP contribution in [0.5, 0.6) is 0 Å². The highest BCUT2D eigenvalue weighted by atomic mass is 14.5. The van der Waals surface area contributed by atoms with Gasteiger partial charge in [-0.2, -0.15) is 0 Å². The first kappa shape index (κ1) is 24.0. The molecule has 0 aromatic heterocycles. The van der Waals surface area contributed by atoms with E-state index in [-0.39, 0.29) is 10.8 Å². The molecule has 7 rings (SSSR count). The zero-order valence-electron chi connectivity index (χ0n) is 23.7. The monoisotopic (exact) mass is 496 g/mol. The van der Waals surface area contributed by atoms with Crippen LogP contribution in [-0.4, -0.2) is 0 Å². The largest absolute Gasteiger partial charge is 0.0725 e. The normalized spacial score (nSPS) is 24.2. The van der Waals surface area contributed by atoms with Crippen LogP contribution in [0.3, 0.4) is 0 Å². The van der Waals surface area contributed by atoms with Gasteiger partial charge >= 0.3 is 0 Å². The molecule has 1 saturated carbocycles.